The minimum Gasteiger partial charge on any atom is -0.378 e. The Kier molecular flexibility index (Phi) is 8.35. The average Bonchev–Trinajstić information content (AvgIpc) is 3.35. The number of aromatic nitrogens is 2. The summed E-state index contributed by atoms with van der Waals surface area (Å²) in [5.74, 6) is 1.17. The van der Waals surface area contributed by atoms with Crippen LogP contribution in [0.25, 0.3) is 0 Å². The van der Waals surface area contributed by atoms with Gasteiger partial charge in [0, 0.05) is 54.5 Å². The van der Waals surface area contributed by atoms with Crippen molar-refractivity contribution in [1.82, 2.24) is 14.9 Å². The highest BCUT2D eigenvalue weighted by Gasteiger charge is 2.20. The molecule has 200 valence electrons. The van der Waals surface area contributed by atoms with Crippen molar-refractivity contribution in [1.29, 1.82) is 0 Å². The van der Waals surface area contributed by atoms with Crippen LogP contribution in [0.1, 0.15) is 35.2 Å². The molecule has 2 aliphatic heterocycles. The van der Waals surface area contributed by atoms with E-state index < -0.39 is 0 Å². The third kappa shape index (κ3) is 6.59. The van der Waals surface area contributed by atoms with Gasteiger partial charge in [-0.05, 0) is 81.7 Å². The molecule has 3 N–H and O–H groups in total. The molecule has 1 unspecified atom stereocenters. The zero-order valence-corrected chi connectivity index (χ0v) is 22.2. The van der Waals surface area contributed by atoms with Crippen molar-refractivity contribution >= 4 is 34.7 Å². The molecule has 0 bridgehead atoms. The molecule has 2 saturated heterocycles. The monoisotopic (exact) mass is 515 g/mol. The molecular weight excluding hydrogens is 478 g/mol. The number of rotatable bonds is 9. The molecule has 0 aliphatic carbocycles. The third-order valence-corrected chi connectivity index (χ3v) is 7.33. The van der Waals surface area contributed by atoms with Gasteiger partial charge in [0.15, 0.2) is 0 Å². The largest absolute Gasteiger partial charge is 0.378 e. The van der Waals surface area contributed by atoms with Crippen LogP contribution in [0.15, 0.2) is 54.7 Å². The third-order valence-electron chi connectivity index (χ3n) is 7.33. The number of likely N-dealkylation sites (tertiary alicyclic amines) is 1. The summed E-state index contributed by atoms with van der Waals surface area (Å²) in [5, 5.41) is 9.79. The van der Waals surface area contributed by atoms with Crippen LogP contribution in [0.2, 0.25) is 0 Å². The lowest BCUT2D eigenvalue weighted by atomic mass is 10.1. The summed E-state index contributed by atoms with van der Waals surface area (Å²) in [5.41, 5.74) is 4.31. The maximum atomic E-state index is 13.1. The Morgan fingerprint density at radius 2 is 1.97 bits per heavy atom. The molecular formula is C29H37N7O2. The van der Waals surface area contributed by atoms with E-state index in [1.807, 2.05) is 55.5 Å². The Hall–Kier alpha value is -3.69. The maximum Gasteiger partial charge on any atom is 0.255 e. The summed E-state index contributed by atoms with van der Waals surface area (Å²) >= 11 is 0. The van der Waals surface area contributed by atoms with Crippen LogP contribution in [0, 0.1) is 6.92 Å². The van der Waals surface area contributed by atoms with E-state index in [0.29, 0.717) is 42.3 Å². The number of hydrogen-bond acceptors (Lipinski definition) is 8. The lowest BCUT2D eigenvalue weighted by Crippen LogP contribution is -2.36. The van der Waals surface area contributed by atoms with Crippen molar-refractivity contribution in [3.8, 4) is 0 Å². The van der Waals surface area contributed by atoms with E-state index in [1.165, 1.54) is 19.4 Å². The van der Waals surface area contributed by atoms with Crippen LogP contribution in [-0.4, -0.2) is 73.3 Å². The van der Waals surface area contributed by atoms with Gasteiger partial charge in [-0.15, -0.1) is 0 Å². The van der Waals surface area contributed by atoms with E-state index in [-0.39, 0.29) is 5.91 Å². The highest BCUT2D eigenvalue weighted by atomic mass is 16.5. The molecule has 0 saturated carbocycles. The summed E-state index contributed by atoms with van der Waals surface area (Å²) in [6, 6.07) is 16.1. The first-order valence-corrected chi connectivity index (χ1v) is 13.4. The number of carbonyl (C=O) groups excluding carboxylic acids is 1. The summed E-state index contributed by atoms with van der Waals surface area (Å²) in [6.45, 7) is 7.12. The summed E-state index contributed by atoms with van der Waals surface area (Å²) < 4.78 is 5.45. The standard InChI is InChI=1S/C29H37N7O2/c1-21-8-9-23(32-28(37)22-5-3-6-25(19-22)36-15-17-38-18-16-36)20-26(21)33-27-11-13-31-29(34-27)30-12-10-24-7-4-14-35(24)2/h3,5-6,8-9,11,13,19-20,24H,4,7,10,12,14-18H2,1-2H3,(H,32,37)(H2,30,31,33,34). The van der Waals surface area contributed by atoms with Gasteiger partial charge >= 0.3 is 0 Å². The number of hydrogen-bond donors (Lipinski definition) is 3. The van der Waals surface area contributed by atoms with Crippen LogP contribution >= 0.6 is 0 Å². The lowest BCUT2D eigenvalue weighted by Gasteiger charge is -2.29. The molecule has 0 radical (unpaired) electrons. The van der Waals surface area contributed by atoms with Gasteiger partial charge in [0.1, 0.15) is 5.82 Å². The van der Waals surface area contributed by atoms with E-state index in [4.69, 9.17) is 4.74 Å². The first-order valence-electron chi connectivity index (χ1n) is 13.4. The molecule has 1 atom stereocenters. The molecule has 2 aliphatic rings. The van der Waals surface area contributed by atoms with E-state index in [1.54, 1.807) is 6.20 Å². The van der Waals surface area contributed by atoms with Crippen molar-refractivity contribution < 1.29 is 9.53 Å². The predicted molar refractivity (Wildman–Crippen MR) is 153 cm³/mol. The molecule has 1 amide bonds. The fourth-order valence-corrected chi connectivity index (χ4v) is 5.05. The van der Waals surface area contributed by atoms with Crippen molar-refractivity contribution in [3.05, 3.63) is 65.9 Å². The Morgan fingerprint density at radius 3 is 2.79 bits per heavy atom. The van der Waals surface area contributed by atoms with Crippen molar-refractivity contribution in [3.63, 3.8) is 0 Å². The second-order valence-corrected chi connectivity index (χ2v) is 10.0. The Labute approximate surface area is 224 Å². The number of aryl methyl sites for hydroxylation is 1. The smallest absolute Gasteiger partial charge is 0.255 e. The van der Waals surface area contributed by atoms with E-state index in [9.17, 15) is 4.79 Å². The molecule has 0 spiro atoms. The topological polar surface area (TPSA) is 94.7 Å². The van der Waals surface area contributed by atoms with Gasteiger partial charge in [0.25, 0.3) is 5.91 Å². The van der Waals surface area contributed by atoms with Crippen LogP contribution in [0.5, 0.6) is 0 Å². The minimum atomic E-state index is -0.142. The molecule has 2 fully saturated rings. The molecule has 38 heavy (non-hydrogen) atoms. The second kappa shape index (κ2) is 12.2. The van der Waals surface area contributed by atoms with Crippen LogP contribution < -0.4 is 20.9 Å². The fourth-order valence-electron chi connectivity index (χ4n) is 5.05. The van der Waals surface area contributed by atoms with Gasteiger partial charge in [-0.1, -0.05) is 12.1 Å². The van der Waals surface area contributed by atoms with Gasteiger partial charge < -0.3 is 30.5 Å². The minimum absolute atomic E-state index is 0.142. The number of carbonyl (C=O) groups is 1. The molecule has 1 aromatic heterocycles. The average molecular weight is 516 g/mol. The van der Waals surface area contributed by atoms with Gasteiger partial charge in [0.05, 0.1) is 13.2 Å². The summed E-state index contributed by atoms with van der Waals surface area (Å²) in [6.07, 6.45) is 5.36. The second-order valence-electron chi connectivity index (χ2n) is 10.0. The number of amides is 1. The van der Waals surface area contributed by atoms with Crippen molar-refractivity contribution in [2.45, 2.75) is 32.2 Å². The first-order chi connectivity index (χ1) is 18.5. The van der Waals surface area contributed by atoms with Crippen LogP contribution in [0.4, 0.5) is 28.8 Å². The quantitative estimate of drug-likeness (QED) is 0.383. The summed E-state index contributed by atoms with van der Waals surface area (Å²) in [4.78, 5) is 26.7. The van der Waals surface area contributed by atoms with E-state index >= 15 is 0 Å². The number of benzene rings is 2. The Balaban J connectivity index is 1.21. The van der Waals surface area contributed by atoms with Gasteiger partial charge in [-0.25, -0.2) is 4.98 Å². The molecule has 3 heterocycles. The van der Waals surface area contributed by atoms with Crippen LogP contribution in [-0.2, 0) is 4.74 Å². The first kappa shape index (κ1) is 25.9. The number of anilines is 5. The fraction of sp³-hybridized carbons (Fsp3) is 0.414. The number of morpholine rings is 1. The lowest BCUT2D eigenvalue weighted by molar-refractivity contribution is 0.102. The van der Waals surface area contributed by atoms with Crippen molar-refractivity contribution in [2.75, 3.05) is 67.3 Å². The highest BCUT2D eigenvalue weighted by molar-refractivity contribution is 6.05. The van der Waals surface area contributed by atoms with E-state index in [2.05, 4.69) is 42.8 Å². The van der Waals surface area contributed by atoms with Crippen LogP contribution in [0.3, 0.4) is 0 Å². The molecule has 9 heteroatoms. The molecule has 3 aromatic rings. The van der Waals surface area contributed by atoms with Gasteiger partial charge in [-0.3, -0.25) is 4.79 Å². The Bertz CT molecular complexity index is 1250. The SMILES string of the molecule is Cc1ccc(NC(=O)c2cccc(N3CCOCC3)c2)cc1Nc1ccnc(NCCC2CCCN2C)n1. The maximum absolute atomic E-state index is 13.1. The molecule has 2 aromatic carbocycles. The van der Waals surface area contributed by atoms with Gasteiger partial charge in [-0.2, -0.15) is 4.98 Å². The van der Waals surface area contributed by atoms with E-state index in [0.717, 1.165) is 43.0 Å². The molecule has 5 rings (SSSR count). The molecule has 9 nitrogen and oxygen atoms in total. The highest BCUT2D eigenvalue weighted by Crippen LogP contribution is 2.25. The number of nitrogens with zero attached hydrogens (tertiary/aromatic N) is 4. The van der Waals surface area contributed by atoms with Gasteiger partial charge in [0.2, 0.25) is 5.95 Å². The van der Waals surface area contributed by atoms with Crippen molar-refractivity contribution in [2.24, 2.45) is 0 Å². The summed E-state index contributed by atoms with van der Waals surface area (Å²) in [7, 11) is 2.19. The Morgan fingerprint density at radius 1 is 1.11 bits per heavy atom. The zero-order chi connectivity index (χ0) is 26.3. The number of nitrogens with one attached hydrogen (secondary N) is 3. The number of ether oxygens (including phenoxy) is 1. The zero-order valence-electron chi connectivity index (χ0n) is 22.2. The predicted octanol–water partition coefficient (Wildman–Crippen LogP) is 4.51. The normalized spacial score (nSPS) is 17.8.